The molecule has 3 atom stereocenters. The van der Waals surface area contributed by atoms with Crippen molar-refractivity contribution in [2.45, 2.75) is 37.5 Å². The van der Waals surface area contributed by atoms with Crippen molar-refractivity contribution in [2.75, 3.05) is 50.5 Å². The highest BCUT2D eigenvalue weighted by atomic mass is 35.5. The maximum absolute atomic E-state index is 13.7. The van der Waals surface area contributed by atoms with Gasteiger partial charge in [-0.25, -0.2) is 4.39 Å². The number of carbonyl (C=O) groups is 1. The van der Waals surface area contributed by atoms with Crippen molar-refractivity contribution in [3.63, 3.8) is 0 Å². The zero-order valence-corrected chi connectivity index (χ0v) is 23.4. The van der Waals surface area contributed by atoms with Crippen molar-refractivity contribution in [3.8, 4) is 11.8 Å². The molecule has 1 amide bonds. The Morgan fingerprint density at radius 2 is 2.02 bits per heavy atom. The molecule has 10 nitrogen and oxygen atoms in total. The number of halogens is 2. The number of methoxy groups -OCH3 is 1. The summed E-state index contributed by atoms with van der Waals surface area (Å²) in [6.45, 7) is 3.13. The number of nitriles is 1. The number of aliphatic hydroxyl groups is 2. The predicted molar refractivity (Wildman–Crippen MR) is 154 cm³/mol. The summed E-state index contributed by atoms with van der Waals surface area (Å²) < 4.78 is 19.3. The van der Waals surface area contributed by atoms with Crippen molar-refractivity contribution in [3.05, 3.63) is 52.9 Å². The molecule has 3 heterocycles. The van der Waals surface area contributed by atoms with E-state index >= 15 is 0 Å². The summed E-state index contributed by atoms with van der Waals surface area (Å²) in [5.41, 5.74) is 2.07. The van der Waals surface area contributed by atoms with E-state index in [0.29, 0.717) is 72.7 Å². The van der Waals surface area contributed by atoms with Crippen LogP contribution in [0.15, 0.2) is 36.5 Å². The summed E-state index contributed by atoms with van der Waals surface area (Å²) in [6, 6.07) is 9.51. The molecular weight excluding hydrogens is 551 g/mol. The third-order valence-electron chi connectivity index (χ3n) is 7.62. The van der Waals surface area contributed by atoms with Gasteiger partial charge in [-0.15, -0.1) is 0 Å². The van der Waals surface area contributed by atoms with Crippen molar-refractivity contribution in [1.82, 2.24) is 14.8 Å². The van der Waals surface area contributed by atoms with Gasteiger partial charge in [0.2, 0.25) is 5.91 Å². The molecule has 0 radical (unpaired) electrons. The summed E-state index contributed by atoms with van der Waals surface area (Å²) in [7, 11) is 1.49. The summed E-state index contributed by atoms with van der Waals surface area (Å²) in [5.74, 6) is -0.401. The number of benzene rings is 2. The lowest BCUT2D eigenvalue weighted by molar-refractivity contribution is -0.117. The number of aliphatic hydroxyl groups excluding tert-OH is 2. The molecule has 5 rings (SSSR count). The smallest absolute Gasteiger partial charge is 0.226 e. The first-order valence-corrected chi connectivity index (χ1v) is 13.9. The average molecular weight is 583 g/mol. The van der Waals surface area contributed by atoms with E-state index in [4.69, 9.17) is 16.3 Å². The molecule has 3 aromatic rings. The second kappa shape index (κ2) is 12.5. The standard InChI is InChI=1S/C29H32ClFN6O4/c1-41-27-11-25-22(29(17(12-32)13-33-25)34-18-2-3-24(31)23(30)8-18)10-26(27)35-28(40)9-19(37-7-5-21(39)16-37)14-36-6-4-20(38)15-36/h2-3,8,10-11,13,19-21,38-39H,4-7,9,14-16H2,1H3,(H,33,34)(H,35,40). The van der Waals surface area contributed by atoms with Gasteiger partial charge in [-0.05, 0) is 37.1 Å². The Hall–Kier alpha value is -3.53. The lowest BCUT2D eigenvalue weighted by atomic mass is 10.1. The quantitative estimate of drug-likeness (QED) is 0.299. The average Bonchev–Trinajstić information content (AvgIpc) is 3.57. The monoisotopic (exact) mass is 582 g/mol. The number of rotatable bonds is 9. The molecule has 2 saturated heterocycles. The lowest BCUT2D eigenvalue weighted by Gasteiger charge is -2.31. The molecule has 12 heteroatoms. The number of likely N-dealkylation sites (tertiary alicyclic amines) is 2. The number of carbonyl (C=O) groups excluding carboxylic acids is 1. The van der Waals surface area contributed by atoms with Crippen LogP contribution in [0, 0.1) is 17.1 Å². The van der Waals surface area contributed by atoms with E-state index < -0.39 is 11.9 Å². The molecule has 0 aliphatic carbocycles. The fourth-order valence-electron chi connectivity index (χ4n) is 5.52. The molecule has 2 aliphatic rings. The summed E-state index contributed by atoms with van der Waals surface area (Å²) >= 11 is 5.96. The molecule has 216 valence electrons. The van der Waals surface area contributed by atoms with E-state index in [-0.39, 0.29) is 35.1 Å². The van der Waals surface area contributed by atoms with Crippen LogP contribution in [0.4, 0.5) is 21.5 Å². The Labute approximate surface area is 242 Å². The minimum Gasteiger partial charge on any atom is -0.494 e. The number of anilines is 3. The minimum atomic E-state index is -0.560. The number of pyridine rings is 1. The first kappa shape index (κ1) is 29.0. The van der Waals surface area contributed by atoms with E-state index in [1.807, 2.05) is 0 Å². The van der Waals surface area contributed by atoms with Gasteiger partial charge >= 0.3 is 0 Å². The molecule has 2 fully saturated rings. The highest BCUT2D eigenvalue weighted by molar-refractivity contribution is 6.31. The third kappa shape index (κ3) is 6.69. The number of hydrogen-bond acceptors (Lipinski definition) is 9. The fourth-order valence-corrected chi connectivity index (χ4v) is 5.70. The van der Waals surface area contributed by atoms with Gasteiger partial charge in [0.25, 0.3) is 0 Å². The number of fused-ring (bicyclic) bond motifs is 1. The number of aromatic nitrogens is 1. The topological polar surface area (TPSA) is 134 Å². The van der Waals surface area contributed by atoms with E-state index in [0.717, 1.165) is 6.54 Å². The number of nitrogens with zero attached hydrogens (tertiary/aromatic N) is 4. The molecule has 41 heavy (non-hydrogen) atoms. The van der Waals surface area contributed by atoms with Gasteiger partial charge in [-0.1, -0.05) is 11.6 Å². The Morgan fingerprint density at radius 1 is 1.24 bits per heavy atom. The van der Waals surface area contributed by atoms with Crippen molar-refractivity contribution >= 4 is 45.5 Å². The zero-order valence-electron chi connectivity index (χ0n) is 22.6. The van der Waals surface area contributed by atoms with Crippen LogP contribution in [0.3, 0.4) is 0 Å². The largest absolute Gasteiger partial charge is 0.494 e. The van der Waals surface area contributed by atoms with Crippen LogP contribution in [0.25, 0.3) is 10.9 Å². The Morgan fingerprint density at radius 3 is 2.68 bits per heavy atom. The molecule has 0 bridgehead atoms. The highest BCUT2D eigenvalue weighted by Gasteiger charge is 2.32. The number of nitrogens with one attached hydrogen (secondary N) is 2. The van der Waals surface area contributed by atoms with Gasteiger partial charge < -0.3 is 25.6 Å². The summed E-state index contributed by atoms with van der Waals surface area (Å²) in [4.78, 5) is 22.1. The van der Waals surface area contributed by atoms with E-state index in [1.165, 1.54) is 31.5 Å². The van der Waals surface area contributed by atoms with Gasteiger partial charge in [0.15, 0.2) is 0 Å². The van der Waals surface area contributed by atoms with Gasteiger partial charge in [-0.3, -0.25) is 19.6 Å². The van der Waals surface area contributed by atoms with Crippen LogP contribution < -0.4 is 15.4 Å². The van der Waals surface area contributed by atoms with E-state index in [1.54, 1.807) is 12.1 Å². The molecule has 3 unspecified atom stereocenters. The number of hydrogen-bond donors (Lipinski definition) is 4. The fraction of sp³-hybridized carbons (Fsp3) is 0.414. The molecular formula is C29H32ClFN6O4. The first-order chi connectivity index (χ1) is 19.7. The van der Waals surface area contributed by atoms with Crippen LogP contribution in [0.1, 0.15) is 24.8 Å². The number of β-amino-alcohol motifs (C(OH)–C–C–N with tert-alkyl or cyclic N) is 2. The normalized spacial score (nSPS) is 20.2. The van der Waals surface area contributed by atoms with Crippen LogP contribution in [0.5, 0.6) is 5.75 Å². The molecule has 0 spiro atoms. The maximum atomic E-state index is 13.7. The van der Waals surface area contributed by atoms with Gasteiger partial charge in [0, 0.05) is 68.5 Å². The molecule has 4 N–H and O–H groups in total. The molecule has 0 saturated carbocycles. The summed E-state index contributed by atoms with van der Waals surface area (Å²) in [6.07, 6.45) is 2.18. The van der Waals surface area contributed by atoms with Crippen LogP contribution in [-0.2, 0) is 4.79 Å². The van der Waals surface area contributed by atoms with Crippen LogP contribution in [-0.4, -0.2) is 89.0 Å². The van der Waals surface area contributed by atoms with Crippen molar-refractivity contribution in [2.24, 2.45) is 0 Å². The Bertz CT molecular complexity index is 1480. The van der Waals surface area contributed by atoms with Gasteiger partial charge in [0.05, 0.1) is 46.8 Å². The third-order valence-corrected chi connectivity index (χ3v) is 7.91. The number of ether oxygens (including phenoxy) is 1. The first-order valence-electron chi connectivity index (χ1n) is 13.5. The van der Waals surface area contributed by atoms with Gasteiger partial charge in [-0.2, -0.15) is 5.26 Å². The van der Waals surface area contributed by atoms with Crippen LogP contribution >= 0.6 is 11.6 Å². The summed E-state index contributed by atoms with van der Waals surface area (Å²) in [5, 5.41) is 36.5. The highest BCUT2D eigenvalue weighted by Crippen LogP contribution is 2.36. The van der Waals surface area contributed by atoms with Gasteiger partial charge in [0.1, 0.15) is 17.6 Å². The van der Waals surface area contributed by atoms with E-state index in [2.05, 4.69) is 31.5 Å². The lowest BCUT2D eigenvalue weighted by Crippen LogP contribution is -2.45. The Balaban J connectivity index is 1.42. The van der Waals surface area contributed by atoms with Crippen molar-refractivity contribution < 1.29 is 24.1 Å². The zero-order chi connectivity index (χ0) is 29.1. The van der Waals surface area contributed by atoms with Crippen molar-refractivity contribution in [1.29, 1.82) is 5.26 Å². The van der Waals surface area contributed by atoms with Crippen LogP contribution in [0.2, 0.25) is 5.02 Å². The Kier molecular flexibility index (Phi) is 8.87. The molecule has 2 aromatic carbocycles. The predicted octanol–water partition coefficient (Wildman–Crippen LogP) is 3.48. The molecule has 1 aromatic heterocycles. The second-order valence-electron chi connectivity index (χ2n) is 10.5. The minimum absolute atomic E-state index is 0.0648. The number of amides is 1. The second-order valence-corrected chi connectivity index (χ2v) is 10.9. The maximum Gasteiger partial charge on any atom is 0.226 e. The SMILES string of the molecule is COc1cc2ncc(C#N)c(Nc3ccc(F)c(Cl)c3)c2cc1NC(=O)CC(CN1CCC(O)C1)N1CCC(O)C1. The molecule has 2 aliphatic heterocycles. The van der Waals surface area contributed by atoms with E-state index in [9.17, 15) is 24.7 Å².